The number of esters is 1. The van der Waals surface area contributed by atoms with Crippen LogP contribution in [-0.4, -0.2) is 18.5 Å². The van der Waals surface area contributed by atoms with Crippen LogP contribution in [0.1, 0.15) is 11.1 Å². The van der Waals surface area contributed by atoms with Crippen molar-refractivity contribution in [1.82, 2.24) is 0 Å². The molecule has 0 N–H and O–H groups in total. The lowest BCUT2D eigenvalue weighted by molar-refractivity contribution is -0.140. The molecule has 1 unspecified atom stereocenters. The van der Waals surface area contributed by atoms with Crippen LogP contribution in [0.3, 0.4) is 0 Å². The Kier molecular flexibility index (Phi) is 4.61. The molecule has 0 fully saturated rings. The summed E-state index contributed by atoms with van der Waals surface area (Å²) in [6.07, 6.45) is 0.467. The summed E-state index contributed by atoms with van der Waals surface area (Å²) >= 11 is 9.32. The molecule has 0 spiro atoms. The van der Waals surface area contributed by atoms with Crippen molar-refractivity contribution in [2.75, 3.05) is 7.11 Å². The maximum absolute atomic E-state index is 11.1. The second kappa shape index (κ2) is 5.52. The van der Waals surface area contributed by atoms with E-state index in [-0.39, 0.29) is 0 Å². The van der Waals surface area contributed by atoms with Crippen LogP contribution >= 0.6 is 27.5 Å². The van der Waals surface area contributed by atoms with Gasteiger partial charge in [-0.1, -0.05) is 28.1 Å². The average Bonchev–Trinajstić information content (AvgIpc) is 2.20. The first-order chi connectivity index (χ1) is 7.04. The number of hydrogen-bond donors (Lipinski definition) is 0. The number of benzene rings is 1. The molecule has 2 nitrogen and oxygen atoms in total. The van der Waals surface area contributed by atoms with Crippen LogP contribution in [0.25, 0.3) is 0 Å². The van der Waals surface area contributed by atoms with Crippen molar-refractivity contribution in [1.29, 1.82) is 0 Å². The molecule has 0 radical (unpaired) electrons. The maximum atomic E-state index is 11.1. The summed E-state index contributed by atoms with van der Waals surface area (Å²) in [7, 11) is 1.34. The second-order valence-corrected chi connectivity index (χ2v) is 4.67. The van der Waals surface area contributed by atoms with E-state index in [1.54, 1.807) is 0 Å². The molecule has 1 aromatic carbocycles. The lowest BCUT2D eigenvalue weighted by Crippen LogP contribution is -2.18. The highest BCUT2D eigenvalue weighted by molar-refractivity contribution is 9.10. The Bertz CT molecular complexity index is 366. The van der Waals surface area contributed by atoms with E-state index in [2.05, 4.69) is 20.7 Å². The van der Waals surface area contributed by atoms with Crippen LogP contribution in [0.4, 0.5) is 0 Å². The Hall–Kier alpha value is -0.540. The van der Waals surface area contributed by atoms with Crippen LogP contribution in [0.2, 0.25) is 0 Å². The Labute approximate surface area is 103 Å². The standard InChI is InChI=1S/C11H12BrClO2/c1-7-3-4-8(9(12)5-7)6-10(13)11(14)15-2/h3-5,10H,6H2,1-2H3. The summed E-state index contributed by atoms with van der Waals surface area (Å²) in [6.45, 7) is 2.01. The molecule has 0 aliphatic heterocycles. The lowest BCUT2D eigenvalue weighted by atomic mass is 10.1. The third-order valence-electron chi connectivity index (χ3n) is 2.06. The molecule has 0 bridgehead atoms. The zero-order valence-electron chi connectivity index (χ0n) is 8.59. The molecular weight excluding hydrogens is 279 g/mol. The van der Waals surface area contributed by atoms with Gasteiger partial charge in [-0.15, -0.1) is 11.6 Å². The highest BCUT2D eigenvalue weighted by Crippen LogP contribution is 2.21. The monoisotopic (exact) mass is 290 g/mol. The van der Waals surface area contributed by atoms with Crippen LogP contribution in [0, 0.1) is 6.92 Å². The summed E-state index contributed by atoms with van der Waals surface area (Å²) < 4.78 is 5.53. The molecule has 1 atom stereocenters. The molecule has 0 heterocycles. The van der Waals surface area contributed by atoms with Gasteiger partial charge in [-0.05, 0) is 24.1 Å². The van der Waals surface area contributed by atoms with E-state index in [4.69, 9.17) is 11.6 Å². The second-order valence-electron chi connectivity index (χ2n) is 3.29. The van der Waals surface area contributed by atoms with Crippen LogP contribution in [-0.2, 0) is 16.0 Å². The van der Waals surface area contributed by atoms with Gasteiger partial charge < -0.3 is 4.74 Å². The van der Waals surface area contributed by atoms with Crippen molar-refractivity contribution in [2.45, 2.75) is 18.7 Å². The first kappa shape index (κ1) is 12.5. The largest absolute Gasteiger partial charge is 0.468 e. The van der Waals surface area contributed by atoms with E-state index >= 15 is 0 Å². The maximum Gasteiger partial charge on any atom is 0.324 e. The van der Waals surface area contributed by atoms with Crippen molar-refractivity contribution in [3.05, 3.63) is 33.8 Å². The Morgan fingerprint density at radius 2 is 2.27 bits per heavy atom. The minimum Gasteiger partial charge on any atom is -0.468 e. The van der Waals surface area contributed by atoms with Gasteiger partial charge in [0.1, 0.15) is 5.38 Å². The van der Waals surface area contributed by atoms with Gasteiger partial charge in [0.25, 0.3) is 0 Å². The number of carbonyl (C=O) groups is 1. The molecule has 82 valence electrons. The number of halogens is 2. The third kappa shape index (κ3) is 3.50. The summed E-state index contributed by atoms with van der Waals surface area (Å²) in [6, 6.07) is 5.94. The van der Waals surface area contributed by atoms with Crippen molar-refractivity contribution >= 4 is 33.5 Å². The minimum atomic E-state index is -0.631. The topological polar surface area (TPSA) is 26.3 Å². The van der Waals surface area contributed by atoms with E-state index in [1.807, 2.05) is 25.1 Å². The molecular formula is C11H12BrClO2. The van der Waals surface area contributed by atoms with E-state index in [0.717, 1.165) is 15.6 Å². The molecule has 0 aliphatic rings. The highest BCUT2D eigenvalue weighted by Gasteiger charge is 2.17. The Balaban J connectivity index is 2.76. The van der Waals surface area contributed by atoms with Gasteiger partial charge in [0.15, 0.2) is 0 Å². The molecule has 0 aliphatic carbocycles. The van der Waals surface area contributed by atoms with E-state index < -0.39 is 11.3 Å². The number of alkyl halides is 1. The quantitative estimate of drug-likeness (QED) is 0.632. The van der Waals surface area contributed by atoms with Gasteiger partial charge in [-0.3, -0.25) is 4.79 Å². The van der Waals surface area contributed by atoms with Gasteiger partial charge in [0.05, 0.1) is 7.11 Å². The van der Waals surface area contributed by atoms with E-state index in [0.29, 0.717) is 6.42 Å². The number of methoxy groups -OCH3 is 1. The van der Waals surface area contributed by atoms with Crippen LogP contribution in [0.15, 0.2) is 22.7 Å². The van der Waals surface area contributed by atoms with Crippen LogP contribution in [0.5, 0.6) is 0 Å². The predicted octanol–water partition coefficient (Wildman–Crippen LogP) is 3.08. The number of ether oxygens (including phenoxy) is 1. The normalized spacial score (nSPS) is 12.3. The number of carbonyl (C=O) groups excluding carboxylic acids is 1. The zero-order valence-corrected chi connectivity index (χ0v) is 10.9. The number of hydrogen-bond acceptors (Lipinski definition) is 2. The Morgan fingerprint density at radius 1 is 1.60 bits per heavy atom. The van der Waals surface area contributed by atoms with Gasteiger partial charge in [-0.25, -0.2) is 0 Å². The molecule has 1 rings (SSSR count). The lowest BCUT2D eigenvalue weighted by Gasteiger charge is -2.09. The zero-order chi connectivity index (χ0) is 11.4. The molecule has 0 saturated heterocycles. The van der Waals surface area contributed by atoms with Gasteiger partial charge in [-0.2, -0.15) is 0 Å². The van der Waals surface area contributed by atoms with Crippen molar-refractivity contribution in [3.63, 3.8) is 0 Å². The van der Waals surface area contributed by atoms with Crippen molar-refractivity contribution in [3.8, 4) is 0 Å². The first-order valence-electron chi connectivity index (χ1n) is 4.51. The smallest absolute Gasteiger partial charge is 0.324 e. The van der Waals surface area contributed by atoms with E-state index in [1.165, 1.54) is 7.11 Å². The van der Waals surface area contributed by atoms with Gasteiger partial charge >= 0.3 is 5.97 Å². The highest BCUT2D eigenvalue weighted by atomic mass is 79.9. The first-order valence-corrected chi connectivity index (χ1v) is 5.74. The SMILES string of the molecule is COC(=O)C(Cl)Cc1ccc(C)cc1Br. The fourth-order valence-electron chi connectivity index (χ4n) is 1.22. The van der Waals surface area contributed by atoms with E-state index in [9.17, 15) is 4.79 Å². The summed E-state index contributed by atoms with van der Waals surface area (Å²) in [4.78, 5) is 11.1. The molecule has 0 amide bonds. The fourth-order valence-corrected chi connectivity index (χ4v) is 2.13. The molecule has 0 aromatic heterocycles. The Morgan fingerprint density at radius 3 is 2.80 bits per heavy atom. The average molecular weight is 292 g/mol. The summed E-state index contributed by atoms with van der Waals surface area (Å²) in [5, 5.41) is -0.631. The molecule has 15 heavy (non-hydrogen) atoms. The van der Waals surface area contributed by atoms with Crippen molar-refractivity contribution < 1.29 is 9.53 Å². The molecule has 4 heteroatoms. The van der Waals surface area contributed by atoms with Gasteiger partial charge in [0, 0.05) is 10.9 Å². The molecule has 0 saturated carbocycles. The number of rotatable bonds is 3. The minimum absolute atomic E-state index is 0.399. The number of aryl methyl sites for hydroxylation is 1. The summed E-state index contributed by atoms with van der Waals surface area (Å²) in [5.74, 6) is -0.399. The van der Waals surface area contributed by atoms with Gasteiger partial charge in [0.2, 0.25) is 0 Å². The van der Waals surface area contributed by atoms with Crippen LogP contribution < -0.4 is 0 Å². The van der Waals surface area contributed by atoms with Crippen molar-refractivity contribution in [2.24, 2.45) is 0 Å². The molecule has 1 aromatic rings. The summed E-state index contributed by atoms with van der Waals surface area (Å²) in [5.41, 5.74) is 2.17. The fraction of sp³-hybridized carbons (Fsp3) is 0.364. The third-order valence-corrected chi connectivity index (χ3v) is 3.14. The predicted molar refractivity (Wildman–Crippen MR) is 64.2 cm³/mol.